The number of amides is 10. The monoisotopic (exact) mass is 1050 g/mol. The summed E-state index contributed by atoms with van der Waals surface area (Å²) in [5, 5.41) is 8.84. The zero-order valence-electron chi connectivity index (χ0n) is 38.8. The third-order valence-corrected chi connectivity index (χ3v) is 14.6. The Hall–Kier alpha value is -2.76. The number of nitrogens with zero attached hydrogens (tertiary/aromatic N) is 2. The summed E-state index contributed by atoms with van der Waals surface area (Å²) in [6.07, 6.45) is -2.97. The van der Waals surface area contributed by atoms with Crippen LogP contribution in [0.2, 0.25) is 0 Å². The molecule has 0 aliphatic carbocycles. The quantitative estimate of drug-likeness (QED) is 0.00940. The average Bonchev–Trinajstić information content (AvgIpc) is 3.95. The number of carbonyl (C=O) groups is 11. The number of hydrogen-bond donors (Lipinski definition) is 6. The van der Waals surface area contributed by atoms with Gasteiger partial charge in [0.2, 0.25) is 11.8 Å². The zero-order valence-corrected chi connectivity index (χ0v) is 42.9. The summed E-state index contributed by atoms with van der Waals surface area (Å²) in [6, 6.07) is -2.43. The first kappa shape index (κ1) is 52.6. The molecule has 4 heterocycles. The van der Waals surface area contributed by atoms with Gasteiger partial charge in [-0.2, -0.15) is 11.8 Å². The minimum absolute atomic E-state index is 0. The fourth-order valence-electron chi connectivity index (χ4n) is 6.02. The Morgan fingerprint density at radius 1 is 0.758 bits per heavy atom. The topological polar surface area (TPSA) is 399 Å². The molecule has 6 N–H and O–H groups in total. The van der Waals surface area contributed by atoms with E-state index < -0.39 is 153 Å². The fourth-order valence-corrected chi connectivity index (χ4v) is 10.3. The maximum absolute atomic E-state index is 13.1. The Morgan fingerprint density at radius 3 is 1.79 bits per heavy atom. The first-order valence-electron chi connectivity index (χ1n) is 20.7. The summed E-state index contributed by atoms with van der Waals surface area (Å²) in [5.41, 5.74) is -2.77. The Bertz CT molecular complexity index is 2210. The van der Waals surface area contributed by atoms with Crippen LogP contribution in [0.5, 0.6) is 0 Å². The SMILES string of the molecule is [2H]C([2H])(NC(=O)CCCC[C@@H]1SC[C@@H]2NC(=O)N[C@@H]21)C([2H])([2H])SSCCC(=O)NC(C(=O)NCCC(=O)ON1C(=O)CC(S(=O)(=O)[O-])C1=O)C(=O)NCCC(=O)ON1C(=O)CC(S(=O)(=O)[O-])C1=O.[Na+].[Na+]. The van der Waals surface area contributed by atoms with E-state index in [4.69, 9.17) is 5.48 Å². The van der Waals surface area contributed by atoms with Crippen LogP contribution in [0, 0.1) is 0 Å². The van der Waals surface area contributed by atoms with Crippen molar-refractivity contribution in [2.75, 3.05) is 36.8 Å². The van der Waals surface area contributed by atoms with E-state index in [0.29, 0.717) is 40.9 Å². The van der Waals surface area contributed by atoms with Crippen LogP contribution in [0.1, 0.15) is 63.3 Å². The van der Waals surface area contributed by atoms with Gasteiger partial charge < -0.3 is 50.7 Å². The molecule has 0 saturated carbocycles. The van der Waals surface area contributed by atoms with Crippen molar-refractivity contribution in [1.29, 1.82) is 0 Å². The van der Waals surface area contributed by atoms with Gasteiger partial charge in [0, 0.05) is 57.6 Å². The van der Waals surface area contributed by atoms with Crippen LogP contribution >= 0.6 is 33.3 Å². The second-order valence-electron chi connectivity index (χ2n) is 13.7. The van der Waals surface area contributed by atoms with Gasteiger partial charge in [-0.1, -0.05) is 28.0 Å². The summed E-state index contributed by atoms with van der Waals surface area (Å²) in [7, 11) is -9.64. The van der Waals surface area contributed by atoms with E-state index in [9.17, 15) is 78.7 Å². The van der Waals surface area contributed by atoms with Gasteiger partial charge in [-0.25, -0.2) is 31.2 Å². The standard InChI is InChI=1S/C32H44N8O19S5.2Na/c41-20(4-2-1-3-17-26-16(15-60-17)36-32(51)38-26)33-10-12-62-61-11-7-21(42)37-27(28(47)34-8-5-24(45)58-39-22(43)13-18(30(39)49)63(52,53)54)29(48)35-9-6-25(46)59-40-23(44)14-19(31(40)50)64(55,56)57;;/h16-19,26-27H,1-15H2,(H,33,41)(H,34,47)(H,35,48)(H,37,42)(H2,36,38,51)(H,52,53,54)(H,55,56,57);;/q;2*+1/p-2/t16-,17-,18?,19?,26-,27?;;/m0../s1/i10D2,12D2;;. The van der Waals surface area contributed by atoms with Crippen LogP contribution in [-0.2, 0) is 77.9 Å². The van der Waals surface area contributed by atoms with Gasteiger partial charge in [0.25, 0.3) is 35.4 Å². The Kier molecular flexibility index (Phi) is 21.9. The van der Waals surface area contributed by atoms with Gasteiger partial charge in [0.15, 0.2) is 6.04 Å². The van der Waals surface area contributed by atoms with Crippen molar-refractivity contribution in [3.05, 3.63) is 0 Å². The number of hydroxylamine groups is 4. The average molecular weight is 1050 g/mol. The first-order valence-corrected chi connectivity index (χ1v) is 25.0. The van der Waals surface area contributed by atoms with Gasteiger partial charge in [-0.15, -0.1) is 10.1 Å². The van der Waals surface area contributed by atoms with Crippen molar-refractivity contribution in [3.8, 4) is 0 Å². The minimum atomic E-state index is -5.30. The maximum atomic E-state index is 13.1. The molecular formula is C32H42N8Na2O19S5. The summed E-state index contributed by atoms with van der Waals surface area (Å²) < 4.78 is 100. The van der Waals surface area contributed by atoms with E-state index in [1.807, 2.05) is 10.6 Å². The molecule has 10 amide bonds. The van der Waals surface area contributed by atoms with E-state index >= 15 is 0 Å². The van der Waals surface area contributed by atoms with Crippen LogP contribution in [0.3, 0.4) is 0 Å². The molecule has 0 aromatic rings. The third kappa shape index (κ3) is 18.0. The normalized spacial score (nSPS) is 23.0. The van der Waals surface area contributed by atoms with Crippen molar-refractivity contribution in [1.82, 2.24) is 42.0 Å². The van der Waals surface area contributed by atoms with Gasteiger partial charge in [-0.3, -0.25) is 38.4 Å². The summed E-state index contributed by atoms with van der Waals surface area (Å²) in [4.78, 5) is 145. The molecule has 66 heavy (non-hydrogen) atoms. The van der Waals surface area contributed by atoms with Crippen molar-refractivity contribution >= 4 is 119 Å². The number of unbranched alkanes of at least 4 members (excludes halogenated alkanes) is 1. The number of imide groups is 2. The fraction of sp³-hybridized carbons (Fsp3) is 0.656. The van der Waals surface area contributed by atoms with E-state index in [1.165, 1.54) is 0 Å². The second-order valence-corrected chi connectivity index (χ2v) is 20.3. The van der Waals surface area contributed by atoms with Crippen molar-refractivity contribution in [2.24, 2.45) is 0 Å². The van der Waals surface area contributed by atoms with Gasteiger partial charge in [0.1, 0.15) is 30.7 Å². The Balaban J connectivity index is 0.00000840. The van der Waals surface area contributed by atoms with Crippen molar-refractivity contribution in [3.63, 3.8) is 0 Å². The smallest absolute Gasteiger partial charge is 0.747 e. The molecule has 0 aromatic heterocycles. The van der Waals surface area contributed by atoms with Crippen LogP contribution in [0.25, 0.3) is 0 Å². The van der Waals surface area contributed by atoms with Crippen LogP contribution in [-0.4, -0.2) is 172 Å². The number of hydrogen-bond acceptors (Lipinski definition) is 22. The molecule has 34 heteroatoms. The second kappa shape index (κ2) is 27.4. The Morgan fingerprint density at radius 2 is 1.29 bits per heavy atom. The van der Waals surface area contributed by atoms with Crippen LogP contribution in [0.15, 0.2) is 0 Å². The molecule has 4 aliphatic heterocycles. The van der Waals surface area contributed by atoms with E-state index in [0.717, 1.165) is 5.75 Å². The number of carbonyl (C=O) groups excluding carboxylic acids is 11. The largest absolute Gasteiger partial charge is 1.00 e. The molecule has 0 radical (unpaired) electrons. The molecular weight excluding hydrogens is 1010 g/mol. The van der Waals surface area contributed by atoms with Crippen LogP contribution in [0.4, 0.5) is 4.79 Å². The van der Waals surface area contributed by atoms with Crippen molar-refractivity contribution in [2.45, 2.75) is 91.7 Å². The molecule has 356 valence electrons. The molecule has 0 aromatic carbocycles. The van der Waals surface area contributed by atoms with Crippen LogP contribution < -0.4 is 91.0 Å². The molecule has 4 saturated heterocycles. The molecule has 5 atom stereocenters. The predicted octanol–water partition coefficient (Wildman–Crippen LogP) is -10.6. The molecule has 4 aliphatic rings. The van der Waals surface area contributed by atoms with E-state index in [1.54, 1.807) is 11.8 Å². The minimum Gasteiger partial charge on any atom is -0.747 e. The number of nitrogens with one attached hydrogen (secondary N) is 6. The predicted molar refractivity (Wildman–Crippen MR) is 216 cm³/mol. The molecule has 27 nitrogen and oxygen atoms in total. The number of urea groups is 1. The van der Waals surface area contributed by atoms with E-state index in [-0.39, 0.29) is 105 Å². The first-order chi connectivity index (χ1) is 31.5. The molecule has 4 rings (SSSR count). The summed E-state index contributed by atoms with van der Waals surface area (Å²) in [5.74, 6) is -12.8. The third-order valence-electron chi connectivity index (χ3n) is 9.14. The Labute approximate surface area is 438 Å². The molecule has 0 spiro atoms. The van der Waals surface area contributed by atoms with Crippen molar-refractivity contribution < 1.29 is 153 Å². The van der Waals surface area contributed by atoms with Gasteiger partial charge in [-0.05, 0) is 12.8 Å². The summed E-state index contributed by atoms with van der Waals surface area (Å²) >= 11 is 1.69. The number of fused-ring (bicyclic) bond motifs is 1. The maximum Gasteiger partial charge on any atom is 1.00 e. The van der Waals surface area contributed by atoms with Gasteiger partial charge >= 0.3 is 77.1 Å². The molecule has 4 fully saturated rings. The number of thioether (sulfide) groups is 1. The summed E-state index contributed by atoms with van der Waals surface area (Å²) in [6.45, 7) is -4.38. The molecule has 2 unspecified atom stereocenters. The van der Waals surface area contributed by atoms with Gasteiger partial charge in [0.05, 0.1) is 40.5 Å². The molecule has 0 bridgehead atoms. The zero-order chi connectivity index (χ0) is 50.9. The number of rotatable bonds is 25. The van der Waals surface area contributed by atoms with E-state index in [2.05, 4.69) is 30.9 Å².